The Balaban J connectivity index is 3.13. The largest absolute Gasteiger partial charge is 0.497 e. The van der Waals surface area contributed by atoms with Crippen molar-refractivity contribution in [3.63, 3.8) is 0 Å². The normalized spacial score (nSPS) is 15.1. The van der Waals surface area contributed by atoms with Crippen molar-refractivity contribution in [1.29, 1.82) is 0 Å². The number of aliphatic hydroxyl groups excluding tert-OH is 2. The maximum Gasteiger partial charge on any atom is 0.416 e. The van der Waals surface area contributed by atoms with Crippen LogP contribution in [0.4, 0.5) is 13.2 Å². The van der Waals surface area contributed by atoms with E-state index in [1.165, 1.54) is 13.2 Å². The molecule has 4 N–H and O–H groups in total. The molecule has 0 aliphatic rings. The second kappa shape index (κ2) is 6.23. The van der Waals surface area contributed by atoms with E-state index in [9.17, 15) is 23.4 Å². The number of ether oxygens (including phenoxy) is 1. The number of hydrogen-bond acceptors (Lipinski definition) is 4. The van der Waals surface area contributed by atoms with Crippen LogP contribution in [0.15, 0.2) is 18.2 Å². The van der Waals surface area contributed by atoms with Crippen LogP contribution in [0, 0.1) is 0 Å². The first-order chi connectivity index (χ1) is 8.79. The van der Waals surface area contributed by atoms with Gasteiger partial charge in [-0.25, -0.2) is 0 Å². The molecule has 4 nitrogen and oxygen atoms in total. The summed E-state index contributed by atoms with van der Waals surface area (Å²) in [6, 6.07) is 2.86. The van der Waals surface area contributed by atoms with Gasteiger partial charge < -0.3 is 20.7 Å². The molecule has 0 saturated carbocycles. The van der Waals surface area contributed by atoms with Crippen molar-refractivity contribution in [3.05, 3.63) is 29.3 Å². The SMILES string of the molecule is COc1cc(C(O)C(O)CCN)cc(C(F)(F)F)c1. The van der Waals surface area contributed by atoms with E-state index in [4.69, 9.17) is 10.5 Å². The third-order valence-corrected chi connectivity index (χ3v) is 2.66. The molecule has 0 bridgehead atoms. The average molecular weight is 279 g/mol. The first-order valence-corrected chi connectivity index (χ1v) is 5.62. The highest BCUT2D eigenvalue weighted by Crippen LogP contribution is 2.34. The first kappa shape index (κ1) is 15.7. The summed E-state index contributed by atoms with van der Waals surface area (Å²) in [6.45, 7) is 0.119. The van der Waals surface area contributed by atoms with Crippen LogP contribution < -0.4 is 10.5 Å². The van der Waals surface area contributed by atoms with Crippen molar-refractivity contribution in [2.75, 3.05) is 13.7 Å². The third kappa shape index (κ3) is 4.09. The highest BCUT2D eigenvalue weighted by Gasteiger charge is 2.32. The summed E-state index contributed by atoms with van der Waals surface area (Å²) in [6.07, 6.45) is -7.14. The van der Waals surface area contributed by atoms with Crippen LogP contribution >= 0.6 is 0 Å². The summed E-state index contributed by atoms with van der Waals surface area (Å²) >= 11 is 0. The lowest BCUT2D eigenvalue weighted by atomic mass is 9.99. The topological polar surface area (TPSA) is 75.7 Å². The summed E-state index contributed by atoms with van der Waals surface area (Å²) in [4.78, 5) is 0. The van der Waals surface area contributed by atoms with Gasteiger partial charge in [0.2, 0.25) is 0 Å². The van der Waals surface area contributed by atoms with Gasteiger partial charge in [-0.3, -0.25) is 0 Å². The molecule has 0 saturated heterocycles. The molecule has 0 aliphatic heterocycles. The number of aliphatic hydroxyl groups is 2. The second-order valence-corrected chi connectivity index (χ2v) is 4.08. The Morgan fingerprint density at radius 1 is 1.26 bits per heavy atom. The van der Waals surface area contributed by atoms with Gasteiger partial charge >= 0.3 is 6.18 Å². The number of halogens is 3. The van der Waals surface area contributed by atoms with Gasteiger partial charge in [-0.1, -0.05) is 0 Å². The van der Waals surface area contributed by atoms with Crippen LogP contribution in [0.3, 0.4) is 0 Å². The second-order valence-electron chi connectivity index (χ2n) is 4.08. The Bertz CT molecular complexity index is 423. The van der Waals surface area contributed by atoms with Crippen molar-refractivity contribution < 1.29 is 28.1 Å². The van der Waals surface area contributed by atoms with Crippen molar-refractivity contribution in [3.8, 4) is 5.75 Å². The number of methoxy groups -OCH3 is 1. The Kier molecular flexibility index (Phi) is 5.16. The zero-order valence-corrected chi connectivity index (χ0v) is 10.3. The molecule has 108 valence electrons. The van der Waals surface area contributed by atoms with E-state index < -0.39 is 23.9 Å². The van der Waals surface area contributed by atoms with E-state index in [-0.39, 0.29) is 24.3 Å². The van der Waals surface area contributed by atoms with Crippen LogP contribution in [0.5, 0.6) is 5.75 Å². The highest BCUT2D eigenvalue weighted by molar-refractivity contribution is 5.37. The molecule has 19 heavy (non-hydrogen) atoms. The molecular weight excluding hydrogens is 263 g/mol. The fourth-order valence-electron chi connectivity index (χ4n) is 1.63. The summed E-state index contributed by atoms with van der Waals surface area (Å²) in [7, 11) is 1.22. The van der Waals surface area contributed by atoms with Crippen LogP contribution in [0.25, 0.3) is 0 Å². The van der Waals surface area contributed by atoms with E-state index in [0.29, 0.717) is 0 Å². The number of alkyl halides is 3. The predicted octanol–water partition coefficient (Wildman–Crippen LogP) is 1.46. The maximum absolute atomic E-state index is 12.7. The molecule has 0 spiro atoms. The fourth-order valence-corrected chi connectivity index (χ4v) is 1.63. The number of hydrogen-bond donors (Lipinski definition) is 3. The molecule has 1 rings (SSSR count). The maximum atomic E-state index is 12.7. The Morgan fingerprint density at radius 3 is 2.37 bits per heavy atom. The quantitative estimate of drug-likeness (QED) is 0.762. The monoisotopic (exact) mass is 279 g/mol. The Hall–Kier alpha value is -1.31. The van der Waals surface area contributed by atoms with Gasteiger partial charge in [-0.05, 0) is 36.7 Å². The number of nitrogens with two attached hydrogens (primary N) is 1. The highest BCUT2D eigenvalue weighted by atomic mass is 19.4. The average Bonchev–Trinajstić information content (AvgIpc) is 2.36. The van der Waals surface area contributed by atoms with Gasteiger partial charge in [0.15, 0.2) is 0 Å². The molecule has 1 aromatic rings. The molecule has 0 radical (unpaired) electrons. The molecule has 0 fully saturated rings. The Labute approximate surface area is 108 Å². The van der Waals surface area contributed by atoms with E-state index in [2.05, 4.69) is 0 Å². The lowest BCUT2D eigenvalue weighted by molar-refractivity contribution is -0.137. The standard InChI is InChI=1S/C12H16F3NO3/c1-19-9-5-7(11(18)10(17)2-3-16)4-8(6-9)12(13,14)15/h4-6,10-11,17-18H,2-3,16H2,1H3. The minimum atomic E-state index is -4.55. The minimum Gasteiger partial charge on any atom is -0.497 e. The van der Waals surface area contributed by atoms with Crippen molar-refractivity contribution in [2.45, 2.75) is 24.8 Å². The summed E-state index contributed by atoms with van der Waals surface area (Å²) in [5, 5.41) is 19.4. The van der Waals surface area contributed by atoms with Gasteiger partial charge in [0.25, 0.3) is 0 Å². The minimum absolute atomic E-state index is 0.0381. The lowest BCUT2D eigenvalue weighted by Gasteiger charge is -2.19. The van der Waals surface area contributed by atoms with E-state index >= 15 is 0 Å². The lowest BCUT2D eigenvalue weighted by Crippen LogP contribution is -2.22. The number of rotatable bonds is 5. The predicted molar refractivity (Wildman–Crippen MR) is 62.6 cm³/mol. The van der Waals surface area contributed by atoms with Crippen molar-refractivity contribution in [2.24, 2.45) is 5.73 Å². The van der Waals surface area contributed by atoms with Gasteiger partial charge in [0.1, 0.15) is 11.9 Å². The molecule has 7 heteroatoms. The van der Waals surface area contributed by atoms with Crippen molar-refractivity contribution in [1.82, 2.24) is 0 Å². The van der Waals surface area contributed by atoms with E-state index in [1.54, 1.807) is 0 Å². The molecular formula is C12H16F3NO3. The molecule has 2 unspecified atom stereocenters. The summed E-state index contributed by atoms with van der Waals surface area (Å²) < 4.78 is 42.8. The molecule has 0 aromatic heterocycles. The molecule has 0 heterocycles. The first-order valence-electron chi connectivity index (χ1n) is 5.62. The zero-order valence-electron chi connectivity index (χ0n) is 10.3. The third-order valence-electron chi connectivity index (χ3n) is 2.66. The summed E-state index contributed by atoms with van der Waals surface area (Å²) in [5.74, 6) is -0.0381. The van der Waals surface area contributed by atoms with Gasteiger partial charge in [0.05, 0.1) is 18.8 Å². The van der Waals surface area contributed by atoms with Crippen LogP contribution in [0.2, 0.25) is 0 Å². The van der Waals surface area contributed by atoms with Crippen LogP contribution in [-0.4, -0.2) is 30.0 Å². The van der Waals surface area contributed by atoms with Gasteiger partial charge in [-0.2, -0.15) is 13.2 Å². The number of benzene rings is 1. The summed E-state index contributed by atoms with van der Waals surface area (Å²) in [5.41, 5.74) is 4.22. The Morgan fingerprint density at radius 2 is 1.89 bits per heavy atom. The van der Waals surface area contributed by atoms with Crippen LogP contribution in [0.1, 0.15) is 23.7 Å². The molecule has 0 aliphatic carbocycles. The van der Waals surface area contributed by atoms with Crippen LogP contribution in [-0.2, 0) is 6.18 Å². The smallest absolute Gasteiger partial charge is 0.416 e. The zero-order chi connectivity index (χ0) is 14.6. The molecule has 0 amide bonds. The van der Waals surface area contributed by atoms with Crippen molar-refractivity contribution >= 4 is 0 Å². The van der Waals surface area contributed by atoms with Gasteiger partial charge in [-0.15, -0.1) is 0 Å². The molecule has 1 aromatic carbocycles. The van der Waals surface area contributed by atoms with Gasteiger partial charge in [0, 0.05) is 0 Å². The molecule has 2 atom stereocenters. The van der Waals surface area contributed by atoms with E-state index in [0.717, 1.165) is 12.1 Å². The fraction of sp³-hybridized carbons (Fsp3) is 0.500. The van der Waals surface area contributed by atoms with E-state index in [1.807, 2.05) is 0 Å².